The molecule has 20 heavy (non-hydrogen) atoms. The highest BCUT2D eigenvalue weighted by atomic mass is 79.9. The van der Waals surface area contributed by atoms with Crippen molar-refractivity contribution in [2.45, 2.75) is 6.54 Å². The van der Waals surface area contributed by atoms with Gasteiger partial charge in [0.1, 0.15) is 0 Å². The minimum atomic E-state index is 0.441. The second kappa shape index (κ2) is 5.68. The van der Waals surface area contributed by atoms with Gasteiger partial charge < -0.3 is 4.90 Å². The van der Waals surface area contributed by atoms with Crippen LogP contribution in [-0.2, 0) is 6.54 Å². The molecule has 0 N–H and O–H groups in total. The average molecular weight is 369 g/mol. The van der Waals surface area contributed by atoms with E-state index in [0.717, 1.165) is 27.6 Å². The van der Waals surface area contributed by atoms with E-state index in [4.69, 9.17) is 11.6 Å². The first-order chi connectivity index (χ1) is 9.65. The van der Waals surface area contributed by atoms with Gasteiger partial charge in [-0.25, -0.2) is 0 Å². The van der Waals surface area contributed by atoms with Crippen molar-refractivity contribution < 1.29 is 0 Å². The van der Waals surface area contributed by atoms with Crippen LogP contribution in [0, 0.1) is 0 Å². The number of benzene rings is 1. The molecule has 0 fully saturated rings. The van der Waals surface area contributed by atoms with Gasteiger partial charge in [0.25, 0.3) is 0 Å². The maximum atomic E-state index is 6.10. The molecule has 3 aromatic rings. The SMILES string of the molecule is CN(Cc1cc(Br)cs1)c1nnc(Cl)c2ccccc12. The van der Waals surface area contributed by atoms with E-state index in [2.05, 4.69) is 42.5 Å². The zero-order chi connectivity index (χ0) is 14.1. The van der Waals surface area contributed by atoms with E-state index in [1.807, 2.05) is 31.3 Å². The Morgan fingerprint density at radius 1 is 1.25 bits per heavy atom. The van der Waals surface area contributed by atoms with Crippen molar-refractivity contribution in [3.8, 4) is 0 Å². The number of anilines is 1. The van der Waals surface area contributed by atoms with Gasteiger partial charge in [-0.3, -0.25) is 0 Å². The van der Waals surface area contributed by atoms with Crippen LogP contribution in [0.4, 0.5) is 5.82 Å². The number of aromatic nitrogens is 2. The van der Waals surface area contributed by atoms with Gasteiger partial charge >= 0.3 is 0 Å². The lowest BCUT2D eigenvalue weighted by Gasteiger charge is -2.18. The molecular weight excluding hydrogens is 358 g/mol. The van der Waals surface area contributed by atoms with Gasteiger partial charge in [0, 0.05) is 32.6 Å². The summed E-state index contributed by atoms with van der Waals surface area (Å²) in [5.41, 5.74) is 0. The molecule has 0 atom stereocenters. The highest BCUT2D eigenvalue weighted by molar-refractivity contribution is 9.10. The molecule has 0 aliphatic carbocycles. The average Bonchev–Trinajstić information content (AvgIpc) is 2.84. The molecule has 0 aliphatic heterocycles. The normalized spacial score (nSPS) is 10.9. The van der Waals surface area contributed by atoms with Crippen LogP contribution in [0.1, 0.15) is 4.88 Å². The molecule has 3 rings (SSSR count). The van der Waals surface area contributed by atoms with E-state index < -0.39 is 0 Å². The maximum Gasteiger partial charge on any atom is 0.159 e. The summed E-state index contributed by atoms with van der Waals surface area (Å²) < 4.78 is 1.11. The Morgan fingerprint density at radius 2 is 2.00 bits per heavy atom. The summed E-state index contributed by atoms with van der Waals surface area (Å²) in [6.07, 6.45) is 0. The van der Waals surface area contributed by atoms with Gasteiger partial charge in [0.15, 0.2) is 11.0 Å². The minimum Gasteiger partial charge on any atom is -0.353 e. The number of nitrogens with zero attached hydrogens (tertiary/aromatic N) is 3. The van der Waals surface area contributed by atoms with E-state index >= 15 is 0 Å². The molecule has 0 bridgehead atoms. The van der Waals surface area contributed by atoms with Crippen LogP contribution in [-0.4, -0.2) is 17.2 Å². The van der Waals surface area contributed by atoms with Crippen molar-refractivity contribution in [1.82, 2.24) is 10.2 Å². The third kappa shape index (κ3) is 2.66. The molecule has 0 spiro atoms. The van der Waals surface area contributed by atoms with E-state index in [0.29, 0.717) is 5.15 Å². The molecule has 0 saturated heterocycles. The van der Waals surface area contributed by atoms with E-state index in [-0.39, 0.29) is 0 Å². The van der Waals surface area contributed by atoms with Gasteiger partial charge in [-0.05, 0) is 22.0 Å². The Bertz CT molecular complexity index is 759. The number of fused-ring (bicyclic) bond motifs is 1. The third-order valence-corrected chi connectivity index (χ3v) is 4.96. The Hall–Kier alpha value is -1.17. The van der Waals surface area contributed by atoms with Crippen molar-refractivity contribution in [2.24, 2.45) is 0 Å². The van der Waals surface area contributed by atoms with Crippen molar-refractivity contribution in [2.75, 3.05) is 11.9 Å². The van der Waals surface area contributed by atoms with Crippen LogP contribution >= 0.6 is 38.9 Å². The lowest BCUT2D eigenvalue weighted by molar-refractivity contribution is 0.887. The van der Waals surface area contributed by atoms with Gasteiger partial charge in [-0.15, -0.1) is 21.5 Å². The maximum absolute atomic E-state index is 6.10. The Kier molecular flexibility index (Phi) is 3.92. The highest BCUT2D eigenvalue weighted by Crippen LogP contribution is 2.29. The fourth-order valence-electron chi connectivity index (χ4n) is 2.08. The second-order valence-electron chi connectivity index (χ2n) is 4.45. The molecule has 0 unspecified atom stereocenters. The van der Waals surface area contributed by atoms with Crippen molar-refractivity contribution >= 4 is 55.5 Å². The fraction of sp³-hybridized carbons (Fsp3) is 0.143. The van der Waals surface area contributed by atoms with E-state index in [1.165, 1.54) is 4.88 Å². The summed E-state index contributed by atoms with van der Waals surface area (Å²) in [4.78, 5) is 3.35. The predicted molar refractivity (Wildman–Crippen MR) is 88.7 cm³/mol. The molecule has 1 aromatic carbocycles. The van der Waals surface area contributed by atoms with Gasteiger partial charge in [0.05, 0.1) is 6.54 Å². The van der Waals surface area contributed by atoms with Crippen molar-refractivity contribution in [3.63, 3.8) is 0 Å². The van der Waals surface area contributed by atoms with Gasteiger partial charge in [0.2, 0.25) is 0 Å². The Balaban J connectivity index is 1.99. The molecule has 2 heterocycles. The molecule has 102 valence electrons. The molecule has 0 radical (unpaired) electrons. The number of hydrogen-bond donors (Lipinski definition) is 0. The summed E-state index contributed by atoms with van der Waals surface area (Å²) >= 11 is 11.3. The standard InChI is InChI=1S/C14H11BrClN3S/c1-19(7-10-6-9(15)8-20-10)14-12-5-3-2-4-11(12)13(16)17-18-14/h2-6,8H,7H2,1H3. The van der Waals surface area contributed by atoms with Crippen molar-refractivity contribution in [3.05, 3.63) is 50.2 Å². The fourth-order valence-corrected chi connectivity index (χ4v) is 3.79. The summed E-state index contributed by atoms with van der Waals surface area (Å²) in [6, 6.07) is 10.0. The monoisotopic (exact) mass is 367 g/mol. The van der Waals surface area contributed by atoms with Crippen LogP contribution < -0.4 is 4.90 Å². The van der Waals surface area contributed by atoms with Crippen LogP contribution in [0.2, 0.25) is 5.15 Å². The van der Waals surface area contributed by atoms with Crippen molar-refractivity contribution in [1.29, 1.82) is 0 Å². The summed E-state index contributed by atoms with van der Waals surface area (Å²) in [6.45, 7) is 0.788. The second-order valence-corrected chi connectivity index (χ2v) is 6.72. The molecule has 3 nitrogen and oxygen atoms in total. The predicted octanol–water partition coefficient (Wildman–Crippen LogP) is 4.74. The van der Waals surface area contributed by atoms with Crippen LogP contribution in [0.25, 0.3) is 10.8 Å². The third-order valence-electron chi connectivity index (χ3n) is 3.00. The quantitative estimate of drug-likeness (QED) is 0.668. The Morgan fingerprint density at radius 3 is 2.70 bits per heavy atom. The largest absolute Gasteiger partial charge is 0.353 e. The Labute approximate surface area is 134 Å². The first kappa shape index (κ1) is 13.8. The summed E-state index contributed by atoms with van der Waals surface area (Å²) in [5.74, 6) is 0.842. The summed E-state index contributed by atoms with van der Waals surface area (Å²) in [7, 11) is 2.01. The van der Waals surface area contributed by atoms with Gasteiger partial charge in [-0.1, -0.05) is 35.9 Å². The topological polar surface area (TPSA) is 29.0 Å². The minimum absolute atomic E-state index is 0.441. The first-order valence-corrected chi connectivity index (χ1v) is 8.05. The molecule has 0 saturated carbocycles. The van der Waals surface area contributed by atoms with Crippen LogP contribution in [0.5, 0.6) is 0 Å². The van der Waals surface area contributed by atoms with Crippen LogP contribution in [0.3, 0.4) is 0 Å². The molecule has 2 aromatic heterocycles. The molecule has 0 aliphatic rings. The summed E-state index contributed by atoms with van der Waals surface area (Å²) in [5, 5.41) is 12.8. The number of halogens is 2. The smallest absolute Gasteiger partial charge is 0.159 e. The van der Waals surface area contributed by atoms with E-state index in [1.54, 1.807) is 11.3 Å². The molecule has 0 amide bonds. The molecular formula is C14H11BrClN3S. The molecule has 6 heteroatoms. The number of hydrogen-bond acceptors (Lipinski definition) is 4. The van der Waals surface area contributed by atoms with Gasteiger partial charge in [-0.2, -0.15) is 0 Å². The van der Waals surface area contributed by atoms with E-state index in [9.17, 15) is 0 Å². The first-order valence-electron chi connectivity index (χ1n) is 6.00. The zero-order valence-corrected chi connectivity index (χ0v) is 13.8. The zero-order valence-electron chi connectivity index (χ0n) is 10.7. The lowest BCUT2D eigenvalue weighted by atomic mass is 10.2. The number of rotatable bonds is 3. The highest BCUT2D eigenvalue weighted by Gasteiger charge is 2.12. The lowest BCUT2D eigenvalue weighted by Crippen LogP contribution is -2.17. The van der Waals surface area contributed by atoms with Crippen LogP contribution in [0.15, 0.2) is 40.2 Å². The number of thiophene rings is 1.